The quantitative estimate of drug-likeness (QED) is 0.606. The first-order valence-electron chi connectivity index (χ1n) is 6.63. The molecule has 1 heterocycles. The molecule has 0 saturated heterocycles. The van der Waals surface area contributed by atoms with Crippen molar-refractivity contribution in [1.29, 1.82) is 0 Å². The highest BCUT2D eigenvalue weighted by Gasteiger charge is 2.18. The van der Waals surface area contributed by atoms with E-state index < -0.39 is 11.9 Å². The van der Waals surface area contributed by atoms with Gasteiger partial charge in [0.2, 0.25) is 0 Å². The maximum Gasteiger partial charge on any atom is 0.357 e. The highest BCUT2D eigenvalue weighted by molar-refractivity contribution is 6.05. The summed E-state index contributed by atoms with van der Waals surface area (Å²) >= 11 is 0. The van der Waals surface area contributed by atoms with Crippen LogP contribution in [0.25, 0.3) is 10.9 Å². The number of carbonyl (C=O) groups excluding carboxylic acids is 2. The molecule has 0 aliphatic carbocycles. The molecule has 0 aliphatic heterocycles. The summed E-state index contributed by atoms with van der Waals surface area (Å²) in [5, 5.41) is 0.608. The molecule has 112 valence electrons. The van der Waals surface area contributed by atoms with Crippen LogP contribution in [0.3, 0.4) is 0 Å². The molecule has 0 spiro atoms. The Labute approximate surface area is 127 Å². The molecule has 1 aromatic heterocycles. The molecular weight excluding hydrogens is 282 g/mol. The maximum absolute atomic E-state index is 12.1. The molecule has 0 N–H and O–H groups in total. The van der Waals surface area contributed by atoms with E-state index in [1.807, 2.05) is 0 Å². The topological polar surface area (TPSA) is 65.5 Å². The van der Waals surface area contributed by atoms with E-state index in [4.69, 9.17) is 9.47 Å². The molecule has 5 nitrogen and oxygen atoms in total. The average Bonchev–Trinajstić information content (AvgIpc) is 2.56. The van der Waals surface area contributed by atoms with Gasteiger partial charge >= 0.3 is 11.9 Å². The first-order chi connectivity index (χ1) is 10.7. The summed E-state index contributed by atoms with van der Waals surface area (Å²) in [7, 11) is 0. The van der Waals surface area contributed by atoms with E-state index in [2.05, 4.69) is 18.1 Å². The summed E-state index contributed by atoms with van der Waals surface area (Å²) < 4.78 is 10.0. The van der Waals surface area contributed by atoms with Gasteiger partial charge in [0, 0.05) is 5.39 Å². The van der Waals surface area contributed by atoms with Crippen molar-refractivity contribution in [2.75, 3.05) is 13.2 Å². The van der Waals surface area contributed by atoms with Crippen LogP contribution in [0.1, 0.15) is 20.8 Å². The van der Waals surface area contributed by atoms with Crippen molar-refractivity contribution in [3.8, 4) is 0 Å². The Morgan fingerprint density at radius 3 is 2.36 bits per heavy atom. The van der Waals surface area contributed by atoms with Crippen LogP contribution in [0, 0.1) is 0 Å². The molecular formula is C17H15NO4. The van der Waals surface area contributed by atoms with E-state index in [1.165, 1.54) is 18.2 Å². The third-order valence-corrected chi connectivity index (χ3v) is 2.81. The summed E-state index contributed by atoms with van der Waals surface area (Å²) in [6, 6.07) is 8.38. The number of nitrogens with zero attached hydrogens (tertiary/aromatic N) is 1. The minimum absolute atomic E-state index is 0.0473. The van der Waals surface area contributed by atoms with Crippen molar-refractivity contribution in [2.45, 2.75) is 0 Å². The molecule has 1 aromatic carbocycles. The summed E-state index contributed by atoms with van der Waals surface area (Å²) in [5.41, 5.74) is 0.824. The number of para-hydroxylation sites is 1. The number of aromatic nitrogens is 1. The molecule has 0 radical (unpaired) electrons. The summed E-state index contributed by atoms with van der Waals surface area (Å²) in [5.74, 6) is -1.17. The van der Waals surface area contributed by atoms with Crippen LogP contribution in [0.4, 0.5) is 0 Å². The highest BCUT2D eigenvalue weighted by atomic mass is 16.5. The fourth-order valence-electron chi connectivity index (χ4n) is 1.87. The average molecular weight is 297 g/mol. The zero-order chi connectivity index (χ0) is 15.9. The number of hydrogen-bond acceptors (Lipinski definition) is 5. The van der Waals surface area contributed by atoms with Crippen molar-refractivity contribution in [2.24, 2.45) is 0 Å². The fraction of sp³-hybridized carbons (Fsp3) is 0.118. The standard InChI is InChI=1S/C17H15NO4/c1-3-9-21-16(19)13-11-15(17(20)22-10-4-2)18-14-8-6-5-7-12(13)14/h3-8,11H,1-2,9-10H2. The summed E-state index contributed by atoms with van der Waals surface area (Å²) in [4.78, 5) is 28.3. The van der Waals surface area contributed by atoms with Crippen LogP contribution < -0.4 is 0 Å². The second-order valence-corrected chi connectivity index (χ2v) is 4.35. The normalized spacial score (nSPS) is 10.0. The van der Waals surface area contributed by atoms with Crippen LogP contribution in [0.5, 0.6) is 0 Å². The lowest BCUT2D eigenvalue weighted by molar-refractivity contribution is 0.0543. The first-order valence-corrected chi connectivity index (χ1v) is 6.63. The number of carbonyl (C=O) groups is 2. The van der Waals surface area contributed by atoms with Gasteiger partial charge in [-0.15, -0.1) is 0 Å². The van der Waals surface area contributed by atoms with Crippen LogP contribution >= 0.6 is 0 Å². The number of fused-ring (bicyclic) bond motifs is 1. The second kappa shape index (κ2) is 7.17. The molecule has 5 heteroatoms. The molecule has 2 rings (SSSR count). The predicted octanol–water partition coefficient (Wildman–Crippen LogP) is 2.92. The highest BCUT2D eigenvalue weighted by Crippen LogP contribution is 2.20. The third kappa shape index (κ3) is 3.38. The van der Waals surface area contributed by atoms with Gasteiger partial charge in [-0.3, -0.25) is 0 Å². The smallest absolute Gasteiger partial charge is 0.357 e. The SMILES string of the molecule is C=CCOC(=O)c1cc(C(=O)OCC=C)c2ccccc2n1. The Bertz CT molecular complexity index is 737. The lowest BCUT2D eigenvalue weighted by Gasteiger charge is -2.08. The van der Waals surface area contributed by atoms with Crippen LogP contribution in [0.15, 0.2) is 55.6 Å². The summed E-state index contributed by atoms with van der Waals surface area (Å²) in [6.45, 7) is 7.13. The molecule has 0 aliphatic rings. The van der Waals surface area contributed by atoms with Crippen LogP contribution in [-0.4, -0.2) is 30.1 Å². The van der Waals surface area contributed by atoms with Gasteiger partial charge in [0.1, 0.15) is 18.9 Å². The van der Waals surface area contributed by atoms with Gasteiger partial charge in [0.05, 0.1) is 11.1 Å². The number of rotatable bonds is 6. The largest absolute Gasteiger partial charge is 0.458 e. The second-order valence-electron chi connectivity index (χ2n) is 4.35. The number of esters is 2. The lowest BCUT2D eigenvalue weighted by atomic mass is 10.1. The van der Waals surface area contributed by atoms with Crippen molar-refractivity contribution in [3.63, 3.8) is 0 Å². The van der Waals surface area contributed by atoms with Crippen LogP contribution in [0.2, 0.25) is 0 Å². The van der Waals surface area contributed by atoms with Crippen molar-refractivity contribution >= 4 is 22.8 Å². The molecule has 0 bridgehead atoms. The van der Waals surface area contributed by atoms with E-state index in [-0.39, 0.29) is 24.5 Å². The van der Waals surface area contributed by atoms with Gasteiger partial charge in [0.15, 0.2) is 0 Å². The van der Waals surface area contributed by atoms with E-state index in [0.29, 0.717) is 10.9 Å². The monoisotopic (exact) mass is 297 g/mol. The van der Waals surface area contributed by atoms with E-state index in [0.717, 1.165) is 0 Å². The number of ether oxygens (including phenoxy) is 2. The zero-order valence-electron chi connectivity index (χ0n) is 12.0. The first kappa shape index (κ1) is 15.4. The fourth-order valence-corrected chi connectivity index (χ4v) is 1.87. The van der Waals surface area contributed by atoms with E-state index >= 15 is 0 Å². The molecule has 0 atom stereocenters. The van der Waals surface area contributed by atoms with Crippen molar-refractivity contribution in [3.05, 3.63) is 66.9 Å². The minimum atomic E-state index is -0.622. The van der Waals surface area contributed by atoms with Gasteiger partial charge < -0.3 is 9.47 Å². The number of pyridine rings is 1. The van der Waals surface area contributed by atoms with Gasteiger partial charge in [-0.05, 0) is 12.1 Å². The van der Waals surface area contributed by atoms with E-state index in [1.54, 1.807) is 24.3 Å². The zero-order valence-corrected chi connectivity index (χ0v) is 12.0. The molecule has 0 fully saturated rings. The van der Waals surface area contributed by atoms with E-state index in [9.17, 15) is 9.59 Å². The molecule has 0 saturated carbocycles. The Morgan fingerprint density at radius 2 is 1.68 bits per heavy atom. The minimum Gasteiger partial charge on any atom is -0.458 e. The van der Waals surface area contributed by atoms with Gasteiger partial charge in [0.25, 0.3) is 0 Å². The number of benzene rings is 1. The Balaban J connectivity index is 2.47. The summed E-state index contributed by atoms with van der Waals surface area (Å²) in [6.07, 6.45) is 2.93. The Morgan fingerprint density at radius 1 is 1.05 bits per heavy atom. The molecule has 0 amide bonds. The predicted molar refractivity (Wildman–Crippen MR) is 82.7 cm³/mol. The molecule has 22 heavy (non-hydrogen) atoms. The Kier molecular flexibility index (Phi) is 5.03. The van der Waals surface area contributed by atoms with Crippen molar-refractivity contribution in [1.82, 2.24) is 4.98 Å². The van der Waals surface area contributed by atoms with Gasteiger partial charge in [-0.2, -0.15) is 0 Å². The lowest BCUT2D eigenvalue weighted by Crippen LogP contribution is -2.12. The molecule has 2 aromatic rings. The van der Waals surface area contributed by atoms with Gasteiger partial charge in [-0.25, -0.2) is 14.6 Å². The number of hydrogen-bond donors (Lipinski definition) is 0. The Hall–Kier alpha value is -2.95. The van der Waals surface area contributed by atoms with Crippen molar-refractivity contribution < 1.29 is 19.1 Å². The van der Waals surface area contributed by atoms with Gasteiger partial charge in [-0.1, -0.05) is 43.5 Å². The third-order valence-electron chi connectivity index (χ3n) is 2.81. The maximum atomic E-state index is 12.1. The van der Waals surface area contributed by atoms with Crippen LogP contribution in [-0.2, 0) is 9.47 Å². The molecule has 0 unspecified atom stereocenters.